The van der Waals surface area contributed by atoms with Crippen molar-refractivity contribution in [2.75, 3.05) is 31.6 Å². The topological polar surface area (TPSA) is 71.7 Å². The first-order valence-corrected chi connectivity index (χ1v) is 11.3. The molecule has 2 aromatic heterocycles. The van der Waals surface area contributed by atoms with Gasteiger partial charge in [-0.1, -0.05) is 29.1 Å². The fourth-order valence-corrected chi connectivity index (χ4v) is 4.53. The number of aryl methyl sites for hydroxylation is 1. The summed E-state index contributed by atoms with van der Waals surface area (Å²) < 4.78 is 11.3. The number of carbonyl (C=O) groups is 1. The lowest BCUT2D eigenvalue weighted by molar-refractivity contribution is 0.0705. The predicted octanol–water partition coefficient (Wildman–Crippen LogP) is 4.03. The molecule has 0 bridgehead atoms. The monoisotopic (exact) mass is 438 g/mol. The highest BCUT2D eigenvalue weighted by molar-refractivity contribution is 7.98. The molecular formula is C23H26N4O3S. The predicted molar refractivity (Wildman–Crippen MR) is 121 cm³/mol. The van der Waals surface area contributed by atoms with E-state index in [1.54, 1.807) is 17.2 Å². The fraction of sp³-hybridized carbons (Fsp3) is 0.348. The van der Waals surface area contributed by atoms with Crippen molar-refractivity contribution < 1.29 is 14.1 Å². The number of hydrogen-bond donors (Lipinski definition) is 0. The van der Waals surface area contributed by atoms with E-state index in [1.807, 2.05) is 44.3 Å². The summed E-state index contributed by atoms with van der Waals surface area (Å²) in [5.74, 6) is 2.15. The molecule has 0 aliphatic carbocycles. The molecule has 0 fully saturated rings. The maximum atomic E-state index is 13.2. The minimum Gasteiger partial charge on any atom is -0.485 e. The minimum atomic E-state index is -0.102. The summed E-state index contributed by atoms with van der Waals surface area (Å²) in [5.41, 5.74) is 2.51. The van der Waals surface area contributed by atoms with E-state index in [0.29, 0.717) is 22.9 Å². The molecule has 162 valence electrons. The third kappa shape index (κ3) is 4.85. The number of amides is 1. The van der Waals surface area contributed by atoms with Crippen LogP contribution < -0.4 is 9.64 Å². The lowest BCUT2D eigenvalue weighted by Crippen LogP contribution is -2.46. The molecular weight excluding hydrogens is 412 g/mol. The molecule has 31 heavy (non-hydrogen) atoms. The van der Waals surface area contributed by atoms with Crippen molar-refractivity contribution in [3.8, 4) is 5.75 Å². The van der Waals surface area contributed by atoms with Gasteiger partial charge in [0.25, 0.3) is 5.91 Å². The third-order valence-electron chi connectivity index (χ3n) is 5.16. The van der Waals surface area contributed by atoms with Gasteiger partial charge in [0, 0.05) is 31.6 Å². The van der Waals surface area contributed by atoms with Crippen molar-refractivity contribution >= 4 is 23.4 Å². The number of fused-ring (bicyclic) bond motifs is 1. The van der Waals surface area contributed by atoms with Gasteiger partial charge < -0.3 is 19.1 Å². The van der Waals surface area contributed by atoms with Crippen LogP contribution in [0.5, 0.6) is 5.75 Å². The summed E-state index contributed by atoms with van der Waals surface area (Å²) in [6, 6.07) is 13.5. The Hall–Kier alpha value is -3.00. The number of nitrogens with zero attached hydrogens (tertiary/aromatic N) is 4. The highest BCUT2D eigenvalue weighted by atomic mass is 32.2. The zero-order valence-electron chi connectivity index (χ0n) is 17.9. The van der Waals surface area contributed by atoms with Crippen LogP contribution in [0.1, 0.15) is 28.7 Å². The number of anilines is 1. The number of likely N-dealkylation sites (N-methyl/N-ethyl adjacent to an activating group) is 2. The van der Waals surface area contributed by atoms with Crippen molar-refractivity contribution in [3.63, 3.8) is 0 Å². The molecule has 1 aliphatic rings. The Morgan fingerprint density at radius 3 is 2.90 bits per heavy atom. The maximum Gasteiger partial charge on any atom is 0.256 e. The van der Waals surface area contributed by atoms with Crippen LogP contribution in [0.3, 0.4) is 0 Å². The first kappa shape index (κ1) is 21.2. The van der Waals surface area contributed by atoms with Crippen LogP contribution in [0.25, 0.3) is 0 Å². The molecule has 0 unspecified atom stereocenters. The molecule has 7 nitrogen and oxygen atoms in total. The highest BCUT2D eigenvalue weighted by Crippen LogP contribution is 2.33. The van der Waals surface area contributed by atoms with Gasteiger partial charge in [0.1, 0.15) is 22.6 Å². The number of carbonyl (C=O) groups excluding carboxylic acids is 1. The number of thioether (sulfide) groups is 1. The third-order valence-corrected chi connectivity index (χ3v) is 6.20. The molecule has 0 saturated carbocycles. The Morgan fingerprint density at radius 1 is 1.29 bits per heavy atom. The SMILES string of the molecule is CCN1C[C@H](CN(C)C(=O)c2cccnc2SCc2cc(C)on2)Oc2ccccc21. The second-order valence-electron chi connectivity index (χ2n) is 7.51. The quantitative estimate of drug-likeness (QED) is 0.516. The lowest BCUT2D eigenvalue weighted by Gasteiger charge is -2.37. The Morgan fingerprint density at radius 2 is 2.13 bits per heavy atom. The first-order valence-electron chi connectivity index (χ1n) is 10.3. The Labute approximate surface area is 186 Å². The molecule has 0 spiro atoms. The van der Waals surface area contributed by atoms with Crippen LogP contribution >= 0.6 is 11.8 Å². The summed E-state index contributed by atoms with van der Waals surface area (Å²) in [6.07, 6.45) is 1.60. The summed E-state index contributed by atoms with van der Waals surface area (Å²) in [5, 5.41) is 4.70. The molecule has 1 atom stereocenters. The van der Waals surface area contributed by atoms with Gasteiger partial charge in [0.15, 0.2) is 0 Å². The van der Waals surface area contributed by atoms with Crippen LogP contribution in [-0.4, -0.2) is 53.7 Å². The van der Waals surface area contributed by atoms with E-state index in [0.717, 1.165) is 36.0 Å². The zero-order chi connectivity index (χ0) is 21.8. The van der Waals surface area contributed by atoms with Crippen molar-refractivity contribution in [2.45, 2.75) is 30.7 Å². The molecule has 1 aromatic carbocycles. The number of rotatable bonds is 7. The summed E-state index contributed by atoms with van der Waals surface area (Å²) in [6.45, 7) is 6.11. The van der Waals surface area contributed by atoms with E-state index in [-0.39, 0.29) is 12.0 Å². The highest BCUT2D eigenvalue weighted by Gasteiger charge is 2.27. The van der Waals surface area contributed by atoms with Gasteiger partial charge in [0.2, 0.25) is 0 Å². The molecule has 0 N–H and O–H groups in total. The second-order valence-corrected chi connectivity index (χ2v) is 8.47. The summed E-state index contributed by atoms with van der Waals surface area (Å²) >= 11 is 1.48. The van der Waals surface area contributed by atoms with Crippen LogP contribution in [0.4, 0.5) is 5.69 Å². The standard InChI is InChI=1S/C23H26N4O3S/c1-4-27-14-18(29-21-10-6-5-9-20(21)27)13-26(3)23(28)19-8-7-11-24-22(19)31-15-17-12-16(2)30-25-17/h5-12,18H,4,13-15H2,1-3H3/t18-/m0/s1. The zero-order valence-corrected chi connectivity index (χ0v) is 18.8. The summed E-state index contributed by atoms with van der Waals surface area (Å²) in [7, 11) is 1.81. The molecule has 4 rings (SSSR count). The second kappa shape index (κ2) is 9.43. The largest absolute Gasteiger partial charge is 0.485 e. The number of aromatic nitrogens is 2. The van der Waals surface area contributed by atoms with E-state index in [4.69, 9.17) is 9.26 Å². The number of benzene rings is 1. The van der Waals surface area contributed by atoms with Gasteiger partial charge >= 0.3 is 0 Å². The van der Waals surface area contributed by atoms with Gasteiger partial charge in [-0.15, -0.1) is 0 Å². The van der Waals surface area contributed by atoms with Crippen LogP contribution in [0, 0.1) is 6.92 Å². The van der Waals surface area contributed by atoms with E-state index in [1.165, 1.54) is 11.8 Å². The van der Waals surface area contributed by atoms with Crippen LogP contribution in [-0.2, 0) is 5.75 Å². The average molecular weight is 439 g/mol. The average Bonchev–Trinajstić information content (AvgIpc) is 3.21. The van der Waals surface area contributed by atoms with Gasteiger partial charge in [-0.25, -0.2) is 4.98 Å². The van der Waals surface area contributed by atoms with E-state index < -0.39 is 0 Å². The number of para-hydroxylation sites is 2. The van der Waals surface area contributed by atoms with Crippen LogP contribution in [0.15, 0.2) is 58.2 Å². The Balaban J connectivity index is 1.44. The van der Waals surface area contributed by atoms with Crippen molar-refractivity contribution in [2.24, 2.45) is 0 Å². The molecule has 3 aromatic rings. The number of pyridine rings is 1. The molecule has 0 radical (unpaired) electrons. The van der Waals surface area contributed by atoms with Crippen molar-refractivity contribution in [1.29, 1.82) is 0 Å². The smallest absolute Gasteiger partial charge is 0.256 e. The summed E-state index contributed by atoms with van der Waals surface area (Å²) in [4.78, 5) is 21.6. The van der Waals surface area contributed by atoms with Gasteiger partial charge in [0.05, 0.1) is 30.0 Å². The molecule has 1 aliphatic heterocycles. The number of ether oxygens (including phenoxy) is 1. The molecule has 0 saturated heterocycles. The maximum absolute atomic E-state index is 13.2. The minimum absolute atomic E-state index is 0.0718. The Kier molecular flexibility index (Phi) is 6.46. The molecule has 3 heterocycles. The van der Waals surface area contributed by atoms with Crippen molar-refractivity contribution in [3.05, 3.63) is 65.7 Å². The Bertz CT molecular complexity index is 1050. The van der Waals surface area contributed by atoms with Crippen molar-refractivity contribution in [1.82, 2.24) is 15.0 Å². The van der Waals surface area contributed by atoms with E-state index in [2.05, 4.69) is 28.0 Å². The van der Waals surface area contributed by atoms with Gasteiger partial charge in [-0.3, -0.25) is 4.79 Å². The molecule has 8 heteroatoms. The fourth-order valence-electron chi connectivity index (χ4n) is 3.66. The lowest BCUT2D eigenvalue weighted by atomic mass is 10.1. The first-order chi connectivity index (χ1) is 15.0. The van der Waals surface area contributed by atoms with E-state index >= 15 is 0 Å². The normalized spacial score (nSPS) is 15.3. The van der Waals surface area contributed by atoms with Gasteiger partial charge in [-0.2, -0.15) is 0 Å². The van der Waals surface area contributed by atoms with Crippen LogP contribution in [0.2, 0.25) is 0 Å². The van der Waals surface area contributed by atoms with Gasteiger partial charge in [-0.05, 0) is 38.1 Å². The molecule has 1 amide bonds. The van der Waals surface area contributed by atoms with E-state index in [9.17, 15) is 4.79 Å². The number of hydrogen-bond acceptors (Lipinski definition) is 7.